The van der Waals surface area contributed by atoms with Crippen LogP contribution >= 0.6 is 0 Å². The Morgan fingerprint density at radius 1 is 1.33 bits per heavy atom. The molecule has 0 aliphatic heterocycles. The van der Waals surface area contributed by atoms with Gasteiger partial charge in [-0.15, -0.1) is 0 Å². The molecule has 6 nitrogen and oxygen atoms in total. The molecule has 102 valence electrons. The average molecular weight is 274 g/mol. The number of nitrogen functional groups attached to an aromatic ring is 1. The molecule has 0 bridgehead atoms. The number of anilines is 1. The molecule has 0 saturated carbocycles. The minimum atomic E-state index is -3.65. The van der Waals surface area contributed by atoms with Gasteiger partial charge in [0.05, 0.1) is 13.7 Å². The predicted molar refractivity (Wildman–Crippen MR) is 69.2 cm³/mol. The lowest BCUT2D eigenvalue weighted by Gasteiger charge is -2.12. The maximum Gasteiger partial charge on any atom is 0.244 e. The van der Waals surface area contributed by atoms with Crippen molar-refractivity contribution in [1.82, 2.24) is 4.72 Å². The number of ether oxygens (including phenoxy) is 2. The summed E-state index contributed by atoms with van der Waals surface area (Å²) in [6.45, 7) is 2.27. The quantitative estimate of drug-likeness (QED) is 0.582. The maximum atomic E-state index is 12.0. The van der Waals surface area contributed by atoms with E-state index in [9.17, 15) is 8.42 Å². The molecule has 0 aromatic heterocycles. The molecule has 1 aromatic carbocycles. The Morgan fingerprint density at radius 3 is 2.56 bits per heavy atom. The molecule has 0 aliphatic rings. The van der Waals surface area contributed by atoms with E-state index in [4.69, 9.17) is 15.2 Å². The summed E-state index contributed by atoms with van der Waals surface area (Å²) in [6.07, 6.45) is 0. The molecule has 3 N–H and O–H groups in total. The van der Waals surface area contributed by atoms with Crippen LogP contribution in [-0.4, -0.2) is 35.8 Å². The van der Waals surface area contributed by atoms with Crippen LogP contribution in [0.5, 0.6) is 5.75 Å². The molecule has 0 atom stereocenters. The largest absolute Gasteiger partial charge is 0.495 e. The van der Waals surface area contributed by atoms with E-state index in [1.54, 1.807) is 13.0 Å². The Hall–Kier alpha value is -1.31. The van der Waals surface area contributed by atoms with E-state index in [0.29, 0.717) is 12.3 Å². The van der Waals surface area contributed by atoms with Crippen molar-refractivity contribution >= 4 is 15.7 Å². The lowest BCUT2D eigenvalue weighted by Crippen LogP contribution is -2.27. The van der Waals surface area contributed by atoms with Crippen LogP contribution in [-0.2, 0) is 14.8 Å². The summed E-state index contributed by atoms with van der Waals surface area (Å²) >= 11 is 0. The highest BCUT2D eigenvalue weighted by atomic mass is 32.2. The summed E-state index contributed by atoms with van der Waals surface area (Å²) in [5.74, 6) is 0.270. The highest BCUT2D eigenvalue weighted by molar-refractivity contribution is 7.89. The predicted octanol–water partition coefficient (Wildman–Crippen LogP) is 0.511. The maximum absolute atomic E-state index is 12.0. The van der Waals surface area contributed by atoms with Crippen LogP contribution in [0.2, 0.25) is 0 Å². The Kier molecular flexibility index (Phi) is 4.94. The summed E-state index contributed by atoms with van der Waals surface area (Å²) in [4.78, 5) is 0.0317. The van der Waals surface area contributed by atoms with Crippen LogP contribution in [0.3, 0.4) is 0 Å². The molecule has 18 heavy (non-hydrogen) atoms. The van der Waals surface area contributed by atoms with Gasteiger partial charge in [-0.1, -0.05) is 0 Å². The molecule has 0 amide bonds. The number of rotatable bonds is 6. The third-order valence-electron chi connectivity index (χ3n) is 2.44. The second-order valence-electron chi connectivity index (χ2n) is 3.75. The van der Waals surface area contributed by atoms with Crippen LogP contribution in [0.15, 0.2) is 17.0 Å². The minimum Gasteiger partial charge on any atom is -0.495 e. The van der Waals surface area contributed by atoms with Gasteiger partial charge in [0.2, 0.25) is 10.0 Å². The first kappa shape index (κ1) is 14.7. The van der Waals surface area contributed by atoms with Crippen molar-refractivity contribution in [2.75, 3.05) is 33.1 Å². The van der Waals surface area contributed by atoms with Gasteiger partial charge < -0.3 is 15.2 Å². The molecule has 0 aliphatic carbocycles. The average Bonchev–Trinajstić information content (AvgIpc) is 2.32. The second-order valence-corrected chi connectivity index (χ2v) is 5.49. The number of methoxy groups -OCH3 is 2. The van der Waals surface area contributed by atoms with E-state index < -0.39 is 10.0 Å². The normalized spacial score (nSPS) is 11.5. The topological polar surface area (TPSA) is 90.7 Å². The van der Waals surface area contributed by atoms with Gasteiger partial charge in [-0.05, 0) is 24.6 Å². The van der Waals surface area contributed by atoms with Crippen LogP contribution in [0.4, 0.5) is 5.69 Å². The Balaban J connectivity index is 3.11. The summed E-state index contributed by atoms with van der Waals surface area (Å²) in [6, 6.07) is 2.99. The molecule has 0 fully saturated rings. The van der Waals surface area contributed by atoms with Gasteiger partial charge in [0.25, 0.3) is 0 Å². The number of hydrogen-bond donors (Lipinski definition) is 2. The standard InChI is InChI=1S/C11H18N2O4S/c1-8-6-10(17-3)11(7-9(8)12)18(14,15)13-4-5-16-2/h6-7,13H,4-5,12H2,1-3H3. The van der Waals surface area contributed by atoms with E-state index >= 15 is 0 Å². The summed E-state index contributed by atoms with van der Waals surface area (Å²) in [5.41, 5.74) is 6.90. The van der Waals surface area contributed by atoms with E-state index in [-0.39, 0.29) is 17.2 Å². The molecule has 1 rings (SSSR count). The number of nitrogens with one attached hydrogen (secondary N) is 1. The van der Waals surface area contributed by atoms with Gasteiger partial charge in [-0.25, -0.2) is 13.1 Å². The highest BCUT2D eigenvalue weighted by Crippen LogP contribution is 2.28. The van der Waals surface area contributed by atoms with E-state index in [1.807, 2.05) is 0 Å². The first-order valence-electron chi connectivity index (χ1n) is 5.35. The van der Waals surface area contributed by atoms with Gasteiger partial charge in [0, 0.05) is 19.3 Å². The van der Waals surface area contributed by atoms with Crippen LogP contribution in [0.1, 0.15) is 5.56 Å². The van der Waals surface area contributed by atoms with Gasteiger partial charge in [0.1, 0.15) is 10.6 Å². The van der Waals surface area contributed by atoms with Gasteiger partial charge >= 0.3 is 0 Å². The van der Waals surface area contributed by atoms with Gasteiger partial charge in [0.15, 0.2) is 0 Å². The highest BCUT2D eigenvalue weighted by Gasteiger charge is 2.20. The Bertz CT molecular complexity index is 514. The monoisotopic (exact) mass is 274 g/mol. The van der Waals surface area contributed by atoms with Gasteiger partial charge in [-0.2, -0.15) is 0 Å². The fourth-order valence-corrected chi connectivity index (χ4v) is 2.60. The van der Waals surface area contributed by atoms with Crippen LogP contribution < -0.4 is 15.2 Å². The Morgan fingerprint density at radius 2 is 2.00 bits per heavy atom. The molecule has 1 aromatic rings. The number of benzene rings is 1. The third kappa shape index (κ3) is 3.34. The van der Waals surface area contributed by atoms with Crippen molar-refractivity contribution in [3.05, 3.63) is 17.7 Å². The molecule has 0 unspecified atom stereocenters. The molecule has 0 spiro atoms. The molecule has 0 heterocycles. The van der Waals surface area contributed by atoms with Crippen molar-refractivity contribution in [2.24, 2.45) is 0 Å². The van der Waals surface area contributed by atoms with Crippen molar-refractivity contribution in [3.63, 3.8) is 0 Å². The molecule has 7 heteroatoms. The minimum absolute atomic E-state index is 0.0317. The fourth-order valence-electron chi connectivity index (χ4n) is 1.40. The third-order valence-corrected chi connectivity index (χ3v) is 3.92. The second kappa shape index (κ2) is 6.03. The van der Waals surface area contributed by atoms with E-state index in [0.717, 1.165) is 5.56 Å². The smallest absolute Gasteiger partial charge is 0.244 e. The first-order chi connectivity index (χ1) is 8.42. The lowest BCUT2D eigenvalue weighted by molar-refractivity contribution is 0.204. The molecule has 0 saturated heterocycles. The number of nitrogens with two attached hydrogens (primary N) is 1. The summed E-state index contributed by atoms with van der Waals surface area (Å²) < 4.78 is 36.4. The Labute approximate surface area is 107 Å². The molecule has 0 radical (unpaired) electrons. The van der Waals surface area contributed by atoms with E-state index in [2.05, 4.69) is 4.72 Å². The summed E-state index contributed by atoms with van der Waals surface area (Å²) in [7, 11) is -0.735. The molecular weight excluding hydrogens is 256 g/mol. The van der Waals surface area contributed by atoms with Crippen LogP contribution in [0, 0.1) is 6.92 Å². The van der Waals surface area contributed by atoms with Crippen molar-refractivity contribution in [1.29, 1.82) is 0 Å². The lowest BCUT2D eigenvalue weighted by atomic mass is 10.2. The SMILES string of the molecule is COCCNS(=O)(=O)c1cc(N)c(C)cc1OC. The zero-order valence-corrected chi connectivity index (χ0v) is 11.5. The van der Waals surface area contributed by atoms with Crippen molar-refractivity contribution < 1.29 is 17.9 Å². The zero-order valence-electron chi connectivity index (χ0n) is 10.7. The number of aryl methyl sites for hydroxylation is 1. The number of sulfonamides is 1. The molecular formula is C11H18N2O4S. The van der Waals surface area contributed by atoms with E-state index in [1.165, 1.54) is 20.3 Å². The number of hydrogen-bond acceptors (Lipinski definition) is 5. The zero-order chi connectivity index (χ0) is 13.8. The van der Waals surface area contributed by atoms with Crippen molar-refractivity contribution in [3.8, 4) is 5.75 Å². The first-order valence-corrected chi connectivity index (χ1v) is 6.83. The summed E-state index contributed by atoms with van der Waals surface area (Å²) in [5, 5.41) is 0. The van der Waals surface area contributed by atoms with Crippen LogP contribution in [0.25, 0.3) is 0 Å². The van der Waals surface area contributed by atoms with Gasteiger partial charge in [-0.3, -0.25) is 0 Å². The van der Waals surface area contributed by atoms with Crippen molar-refractivity contribution in [2.45, 2.75) is 11.8 Å². The fraction of sp³-hybridized carbons (Fsp3) is 0.455.